The highest BCUT2D eigenvalue weighted by Crippen LogP contribution is 2.24. The fourth-order valence-corrected chi connectivity index (χ4v) is 3.22. The van der Waals surface area contributed by atoms with Crippen molar-refractivity contribution in [3.8, 4) is 5.75 Å². The third-order valence-corrected chi connectivity index (χ3v) is 5.00. The number of anilines is 1. The summed E-state index contributed by atoms with van der Waals surface area (Å²) in [6.45, 7) is -0.139. The van der Waals surface area contributed by atoms with Crippen LogP contribution < -0.4 is 15.4 Å². The maximum atomic E-state index is 14.1. The summed E-state index contributed by atoms with van der Waals surface area (Å²) in [6, 6.07) is 9.27. The molecule has 0 aromatic heterocycles. The molecule has 10 heteroatoms. The number of alkyl halides is 3. The molecule has 0 unspecified atom stereocenters. The molecule has 0 radical (unpaired) electrons. The molecule has 0 saturated carbocycles. The number of carbonyl (C=O) groups excluding carboxylic acids is 2. The first-order valence-corrected chi connectivity index (χ1v) is 9.79. The predicted octanol–water partition coefficient (Wildman–Crippen LogP) is 4.56. The largest absolute Gasteiger partial charge is 0.497 e. The molecule has 0 bridgehead atoms. The summed E-state index contributed by atoms with van der Waals surface area (Å²) in [6.07, 6.45) is -4.47. The quantitative estimate of drug-likeness (QED) is 0.463. The average Bonchev–Trinajstić information content (AvgIpc) is 2.69. The molecule has 2 amide bonds. The Balaban J connectivity index is 1.96. The Bertz CT molecular complexity index is 902. The zero-order valence-corrected chi connectivity index (χ0v) is 17.0. The molecule has 2 N–H and O–H groups in total. The fraction of sp³-hybridized carbons (Fsp3) is 0.300. The zero-order valence-electron chi connectivity index (χ0n) is 16.2. The summed E-state index contributed by atoms with van der Waals surface area (Å²) in [4.78, 5) is 25.0. The number of benzene rings is 2. The van der Waals surface area contributed by atoms with Crippen LogP contribution in [0.25, 0.3) is 0 Å². The Labute approximate surface area is 175 Å². The van der Waals surface area contributed by atoms with Gasteiger partial charge in [-0.3, -0.25) is 9.59 Å². The monoisotopic (exact) mass is 444 g/mol. The number of carbonyl (C=O) groups is 2. The number of methoxy groups -OCH3 is 1. The van der Waals surface area contributed by atoms with Gasteiger partial charge in [0.1, 0.15) is 18.1 Å². The number of nitrogens with one attached hydrogen (secondary N) is 2. The molecule has 0 aliphatic carbocycles. The van der Waals surface area contributed by atoms with E-state index in [1.807, 2.05) is 12.1 Å². The molecule has 0 aliphatic rings. The Hall–Kier alpha value is -2.75. The van der Waals surface area contributed by atoms with E-state index in [2.05, 4.69) is 5.32 Å². The van der Waals surface area contributed by atoms with Gasteiger partial charge in [0.15, 0.2) is 0 Å². The van der Waals surface area contributed by atoms with Crippen molar-refractivity contribution in [1.29, 1.82) is 0 Å². The molecular formula is C20H20F4N2O3S. The number of amides is 2. The molecule has 0 aliphatic heterocycles. The Morgan fingerprint density at radius 2 is 1.80 bits per heavy atom. The Kier molecular flexibility index (Phi) is 8.10. The second-order valence-corrected chi connectivity index (χ2v) is 7.42. The van der Waals surface area contributed by atoms with E-state index < -0.39 is 30.4 Å². The lowest BCUT2D eigenvalue weighted by atomic mass is 10.1. The SMILES string of the molecule is COc1ccc(SCCC(=O)Nc2cc(C(=O)NCC(F)(F)F)cc(F)c2C)cc1. The van der Waals surface area contributed by atoms with Gasteiger partial charge in [-0.15, -0.1) is 11.8 Å². The van der Waals surface area contributed by atoms with Crippen LogP contribution in [0.15, 0.2) is 41.3 Å². The minimum atomic E-state index is -4.59. The van der Waals surface area contributed by atoms with Crippen molar-refractivity contribution >= 4 is 29.3 Å². The first kappa shape index (κ1) is 23.5. The van der Waals surface area contributed by atoms with E-state index in [9.17, 15) is 27.2 Å². The van der Waals surface area contributed by atoms with E-state index in [0.717, 1.165) is 17.0 Å². The van der Waals surface area contributed by atoms with Gasteiger partial charge in [-0.25, -0.2) is 4.39 Å². The zero-order chi connectivity index (χ0) is 22.3. The number of ether oxygens (including phenoxy) is 1. The van der Waals surface area contributed by atoms with Gasteiger partial charge in [0.2, 0.25) is 5.91 Å². The van der Waals surface area contributed by atoms with Crippen molar-refractivity contribution in [2.45, 2.75) is 24.4 Å². The highest BCUT2D eigenvalue weighted by atomic mass is 32.2. The summed E-state index contributed by atoms with van der Waals surface area (Å²) in [5, 5.41) is 4.18. The van der Waals surface area contributed by atoms with Gasteiger partial charge in [0, 0.05) is 33.9 Å². The number of thioether (sulfide) groups is 1. The predicted molar refractivity (Wildman–Crippen MR) is 106 cm³/mol. The van der Waals surface area contributed by atoms with Gasteiger partial charge < -0.3 is 15.4 Å². The van der Waals surface area contributed by atoms with E-state index in [1.54, 1.807) is 24.6 Å². The normalized spacial score (nSPS) is 11.1. The number of hydrogen-bond donors (Lipinski definition) is 2. The lowest BCUT2D eigenvalue weighted by Crippen LogP contribution is -2.33. The van der Waals surface area contributed by atoms with E-state index in [1.165, 1.54) is 18.7 Å². The molecule has 162 valence electrons. The second kappa shape index (κ2) is 10.3. The second-order valence-electron chi connectivity index (χ2n) is 6.25. The minimum Gasteiger partial charge on any atom is -0.497 e. The number of hydrogen-bond acceptors (Lipinski definition) is 4. The summed E-state index contributed by atoms with van der Waals surface area (Å²) in [5.41, 5.74) is -0.199. The van der Waals surface area contributed by atoms with Crippen LogP contribution in [0.3, 0.4) is 0 Å². The van der Waals surface area contributed by atoms with E-state index >= 15 is 0 Å². The van der Waals surface area contributed by atoms with Crippen molar-refractivity contribution in [1.82, 2.24) is 5.32 Å². The summed E-state index contributed by atoms with van der Waals surface area (Å²) >= 11 is 1.44. The van der Waals surface area contributed by atoms with Crippen LogP contribution in [0, 0.1) is 12.7 Å². The third kappa shape index (κ3) is 7.25. The number of halogens is 4. The first-order valence-electron chi connectivity index (χ1n) is 8.81. The molecule has 2 aromatic carbocycles. The van der Waals surface area contributed by atoms with E-state index in [-0.39, 0.29) is 23.2 Å². The lowest BCUT2D eigenvalue weighted by Gasteiger charge is -2.13. The maximum absolute atomic E-state index is 14.1. The van der Waals surface area contributed by atoms with E-state index in [4.69, 9.17) is 4.74 Å². The first-order chi connectivity index (χ1) is 14.1. The van der Waals surface area contributed by atoms with Crippen molar-refractivity contribution in [2.24, 2.45) is 0 Å². The van der Waals surface area contributed by atoms with Crippen molar-refractivity contribution < 1.29 is 31.9 Å². The van der Waals surface area contributed by atoms with Gasteiger partial charge in [-0.05, 0) is 43.3 Å². The molecule has 0 spiro atoms. The molecule has 2 aromatic rings. The van der Waals surface area contributed by atoms with Crippen molar-refractivity contribution in [3.63, 3.8) is 0 Å². The van der Waals surface area contributed by atoms with Crippen molar-refractivity contribution in [2.75, 3.05) is 24.7 Å². The van der Waals surface area contributed by atoms with Crippen LogP contribution in [-0.2, 0) is 4.79 Å². The van der Waals surface area contributed by atoms with Gasteiger partial charge >= 0.3 is 6.18 Å². The minimum absolute atomic E-state index is 0.0339. The van der Waals surface area contributed by atoms with Gasteiger partial charge in [-0.2, -0.15) is 13.2 Å². The molecule has 0 saturated heterocycles. The lowest BCUT2D eigenvalue weighted by molar-refractivity contribution is -0.123. The van der Waals surface area contributed by atoms with Crippen LogP contribution in [0.1, 0.15) is 22.3 Å². The maximum Gasteiger partial charge on any atom is 0.405 e. The molecule has 2 rings (SSSR count). The average molecular weight is 444 g/mol. The fourth-order valence-electron chi connectivity index (χ4n) is 2.37. The van der Waals surface area contributed by atoms with Crippen LogP contribution in [0.2, 0.25) is 0 Å². The van der Waals surface area contributed by atoms with Crippen LogP contribution in [0.4, 0.5) is 23.2 Å². The molecule has 30 heavy (non-hydrogen) atoms. The summed E-state index contributed by atoms with van der Waals surface area (Å²) in [7, 11) is 1.56. The van der Waals surface area contributed by atoms with Crippen LogP contribution in [0.5, 0.6) is 5.75 Å². The molecule has 0 atom stereocenters. The van der Waals surface area contributed by atoms with Gasteiger partial charge in [0.05, 0.1) is 7.11 Å². The van der Waals surface area contributed by atoms with Crippen LogP contribution in [-0.4, -0.2) is 37.4 Å². The number of rotatable bonds is 8. The molecular weight excluding hydrogens is 424 g/mol. The summed E-state index contributed by atoms with van der Waals surface area (Å²) in [5.74, 6) is -1.14. The Morgan fingerprint density at radius 3 is 2.40 bits per heavy atom. The third-order valence-electron chi connectivity index (χ3n) is 3.99. The smallest absolute Gasteiger partial charge is 0.405 e. The summed E-state index contributed by atoms with van der Waals surface area (Å²) < 4.78 is 55.9. The molecule has 0 fully saturated rings. The topological polar surface area (TPSA) is 67.4 Å². The van der Waals surface area contributed by atoms with Gasteiger partial charge in [-0.1, -0.05) is 0 Å². The Morgan fingerprint density at radius 1 is 1.13 bits per heavy atom. The molecule has 5 nitrogen and oxygen atoms in total. The van der Waals surface area contributed by atoms with E-state index in [0.29, 0.717) is 11.5 Å². The van der Waals surface area contributed by atoms with Crippen LogP contribution >= 0.6 is 11.8 Å². The highest BCUT2D eigenvalue weighted by Gasteiger charge is 2.28. The highest BCUT2D eigenvalue weighted by molar-refractivity contribution is 7.99. The molecule has 0 heterocycles. The van der Waals surface area contributed by atoms with Gasteiger partial charge in [0.25, 0.3) is 5.91 Å². The van der Waals surface area contributed by atoms with Crippen molar-refractivity contribution in [3.05, 3.63) is 53.3 Å². The standard InChI is InChI=1S/C20H20F4N2O3S/c1-12-16(21)9-13(19(28)25-11-20(22,23)24)10-17(12)26-18(27)7-8-30-15-5-3-14(29-2)4-6-15/h3-6,9-10H,7-8,11H2,1-2H3,(H,25,28)(H,26,27).